The van der Waals surface area contributed by atoms with Crippen molar-refractivity contribution in [2.24, 2.45) is 0 Å². The van der Waals surface area contributed by atoms with Gasteiger partial charge < -0.3 is 10.4 Å². The summed E-state index contributed by atoms with van der Waals surface area (Å²) in [6, 6.07) is 8.52. The molecule has 12 heteroatoms. The molecule has 0 aliphatic rings. The van der Waals surface area contributed by atoms with Gasteiger partial charge in [0.25, 0.3) is 0 Å². The van der Waals surface area contributed by atoms with Crippen LogP contribution < -0.4 is 5.32 Å². The lowest BCUT2D eigenvalue weighted by Gasteiger charge is -2.14. The minimum atomic E-state index is -4.61. The molecule has 0 aliphatic heterocycles. The summed E-state index contributed by atoms with van der Waals surface area (Å²) in [5, 5.41) is 12.5. The molecule has 0 spiro atoms. The monoisotopic (exact) mass is 493 g/mol. The van der Waals surface area contributed by atoms with Crippen LogP contribution in [0.4, 0.5) is 37.8 Å². The Kier molecular flexibility index (Phi) is 6.57. The Morgan fingerprint density at radius 2 is 1.69 bits per heavy atom. The van der Waals surface area contributed by atoms with Crippen molar-refractivity contribution in [2.45, 2.75) is 25.2 Å². The Hall–Kier alpha value is -3.80. The Bertz CT molecular complexity index is 1340. The summed E-state index contributed by atoms with van der Waals surface area (Å²) in [5.74, 6) is 0.524. The van der Waals surface area contributed by atoms with Gasteiger partial charge in [-0.3, -0.25) is 4.98 Å². The molecule has 182 valence electrons. The molecule has 4 aromatic rings. The number of halogens is 6. The first-order chi connectivity index (χ1) is 16.6. The van der Waals surface area contributed by atoms with Gasteiger partial charge in [-0.2, -0.15) is 26.3 Å². The molecule has 4 rings (SSSR count). The highest BCUT2D eigenvalue weighted by Crippen LogP contribution is 2.37. The molecule has 35 heavy (non-hydrogen) atoms. The van der Waals surface area contributed by atoms with Gasteiger partial charge in [-0.15, -0.1) is 0 Å². The molecule has 0 unspecified atom stereocenters. The van der Waals surface area contributed by atoms with Crippen molar-refractivity contribution in [3.63, 3.8) is 0 Å². The molecule has 3 heterocycles. The molecule has 3 aromatic heterocycles. The number of aryl methyl sites for hydroxylation is 1. The highest BCUT2D eigenvalue weighted by molar-refractivity contribution is 5.93. The average Bonchev–Trinajstić information content (AvgIpc) is 2.81. The van der Waals surface area contributed by atoms with Crippen LogP contribution in [0.15, 0.2) is 54.9 Å². The summed E-state index contributed by atoms with van der Waals surface area (Å²) in [6.45, 7) is -0.129. The second kappa shape index (κ2) is 9.45. The molecule has 1 aromatic carbocycles. The number of nitrogens with one attached hydrogen (secondary N) is 1. The van der Waals surface area contributed by atoms with E-state index in [-0.39, 0.29) is 35.8 Å². The van der Waals surface area contributed by atoms with Crippen molar-refractivity contribution in [3.8, 4) is 11.3 Å². The molecule has 0 fully saturated rings. The highest BCUT2D eigenvalue weighted by Gasteiger charge is 2.34. The molecule has 0 radical (unpaired) electrons. The number of pyridine rings is 2. The van der Waals surface area contributed by atoms with E-state index in [2.05, 4.69) is 25.3 Å². The maximum absolute atomic E-state index is 13.5. The van der Waals surface area contributed by atoms with Crippen molar-refractivity contribution >= 4 is 22.4 Å². The lowest BCUT2D eigenvalue weighted by atomic mass is 10.0. The van der Waals surface area contributed by atoms with E-state index in [9.17, 15) is 26.3 Å². The number of aliphatic hydroxyl groups excluding tert-OH is 1. The fourth-order valence-corrected chi connectivity index (χ4v) is 3.41. The number of nitrogens with zero attached hydrogens (tertiary/aromatic N) is 4. The van der Waals surface area contributed by atoms with E-state index >= 15 is 0 Å². The SMILES string of the molecule is OCCCc1nc(Nc2ccc(C(F)(F)F)nc2)c2ccc(-c3ncccc3C(F)(F)F)cc2n1. The number of benzene rings is 1. The normalized spacial score (nSPS) is 12.2. The molecule has 0 saturated carbocycles. The summed E-state index contributed by atoms with van der Waals surface area (Å²) in [4.78, 5) is 16.1. The maximum Gasteiger partial charge on any atom is 0.433 e. The first kappa shape index (κ1) is 24.3. The van der Waals surface area contributed by atoms with Gasteiger partial charge >= 0.3 is 12.4 Å². The van der Waals surface area contributed by atoms with Crippen LogP contribution in [0.25, 0.3) is 22.2 Å². The summed E-state index contributed by atoms with van der Waals surface area (Å²) < 4.78 is 78.9. The van der Waals surface area contributed by atoms with Gasteiger partial charge in [0, 0.05) is 30.2 Å². The van der Waals surface area contributed by atoms with Crippen LogP contribution in [0, 0.1) is 0 Å². The minimum absolute atomic E-state index is 0.129. The number of aromatic nitrogens is 4. The molecular weight excluding hydrogens is 476 g/mol. The first-order valence-electron chi connectivity index (χ1n) is 10.3. The van der Waals surface area contributed by atoms with Crippen molar-refractivity contribution < 1.29 is 31.4 Å². The number of aliphatic hydroxyl groups is 1. The fourth-order valence-electron chi connectivity index (χ4n) is 3.41. The lowest BCUT2D eigenvalue weighted by molar-refractivity contribution is -0.141. The Balaban J connectivity index is 1.78. The number of fused-ring (bicyclic) bond motifs is 1. The van der Waals surface area contributed by atoms with Gasteiger partial charge in [-0.1, -0.05) is 6.07 Å². The zero-order valence-corrected chi connectivity index (χ0v) is 17.8. The van der Waals surface area contributed by atoms with E-state index in [1.165, 1.54) is 36.5 Å². The minimum Gasteiger partial charge on any atom is -0.396 e. The second-order valence-electron chi connectivity index (χ2n) is 7.50. The lowest BCUT2D eigenvalue weighted by Crippen LogP contribution is -2.09. The van der Waals surface area contributed by atoms with E-state index in [0.29, 0.717) is 23.1 Å². The average molecular weight is 493 g/mol. The Morgan fingerprint density at radius 3 is 2.34 bits per heavy atom. The summed E-state index contributed by atoms with van der Waals surface area (Å²) in [6.07, 6.45) is -6.33. The molecule has 0 amide bonds. The second-order valence-corrected chi connectivity index (χ2v) is 7.50. The highest BCUT2D eigenvalue weighted by atomic mass is 19.4. The summed E-state index contributed by atoms with van der Waals surface area (Å²) in [5.41, 5.74) is -1.52. The maximum atomic E-state index is 13.5. The standard InChI is InChI=1S/C23H17F6N5O/c24-22(25,26)16-3-1-9-30-20(16)13-5-7-15-17(11-13)33-19(4-2-10-35)34-21(15)32-14-6-8-18(31-12-14)23(27,28)29/h1,3,5-9,11-12,35H,2,4,10H2,(H,32,33,34). The Labute approximate surface area is 194 Å². The van der Waals surface area contributed by atoms with Crippen LogP contribution in [-0.4, -0.2) is 31.6 Å². The van der Waals surface area contributed by atoms with Crippen LogP contribution in [0.2, 0.25) is 0 Å². The van der Waals surface area contributed by atoms with Crippen molar-refractivity contribution in [3.05, 3.63) is 71.9 Å². The van der Waals surface area contributed by atoms with Crippen molar-refractivity contribution in [2.75, 3.05) is 11.9 Å². The van der Waals surface area contributed by atoms with Crippen LogP contribution in [0.3, 0.4) is 0 Å². The molecular formula is C23H17F6N5O. The van der Waals surface area contributed by atoms with Gasteiger partial charge in [0.1, 0.15) is 17.3 Å². The zero-order chi connectivity index (χ0) is 25.2. The predicted molar refractivity (Wildman–Crippen MR) is 116 cm³/mol. The van der Waals surface area contributed by atoms with E-state index in [0.717, 1.165) is 18.3 Å². The number of anilines is 2. The summed E-state index contributed by atoms with van der Waals surface area (Å²) >= 11 is 0. The number of hydrogen-bond donors (Lipinski definition) is 2. The Morgan fingerprint density at radius 1 is 0.886 bits per heavy atom. The zero-order valence-electron chi connectivity index (χ0n) is 17.8. The smallest absolute Gasteiger partial charge is 0.396 e. The largest absolute Gasteiger partial charge is 0.433 e. The van der Waals surface area contributed by atoms with Crippen LogP contribution >= 0.6 is 0 Å². The molecule has 6 nitrogen and oxygen atoms in total. The quantitative estimate of drug-likeness (QED) is 0.331. The third-order valence-electron chi connectivity index (χ3n) is 5.00. The van der Waals surface area contributed by atoms with Crippen molar-refractivity contribution in [1.29, 1.82) is 0 Å². The number of rotatable bonds is 6. The molecule has 0 saturated heterocycles. The molecule has 0 aliphatic carbocycles. The van der Waals surface area contributed by atoms with E-state index in [1.54, 1.807) is 0 Å². The predicted octanol–water partition coefficient (Wildman–Crippen LogP) is 5.79. The third-order valence-corrected chi connectivity index (χ3v) is 5.00. The molecule has 0 atom stereocenters. The molecule has 2 N–H and O–H groups in total. The van der Waals surface area contributed by atoms with Gasteiger partial charge in [0.05, 0.1) is 28.7 Å². The fraction of sp³-hybridized carbons (Fsp3) is 0.217. The van der Waals surface area contributed by atoms with Crippen LogP contribution in [0.5, 0.6) is 0 Å². The van der Waals surface area contributed by atoms with Gasteiger partial charge in [-0.05, 0) is 42.8 Å². The van der Waals surface area contributed by atoms with Gasteiger partial charge in [0.15, 0.2) is 0 Å². The van der Waals surface area contributed by atoms with Crippen LogP contribution in [-0.2, 0) is 18.8 Å². The van der Waals surface area contributed by atoms with Gasteiger partial charge in [0.2, 0.25) is 0 Å². The first-order valence-corrected chi connectivity index (χ1v) is 10.3. The third kappa shape index (κ3) is 5.48. The van der Waals surface area contributed by atoms with E-state index in [4.69, 9.17) is 5.11 Å². The van der Waals surface area contributed by atoms with E-state index in [1.807, 2.05) is 0 Å². The summed E-state index contributed by atoms with van der Waals surface area (Å²) in [7, 11) is 0. The number of alkyl halides is 6. The van der Waals surface area contributed by atoms with Crippen molar-refractivity contribution in [1.82, 2.24) is 19.9 Å². The van der Waals surface area contributed by atoms with Gasteiger partial charge in [-0.25, -0.2) is 15.0 Å². The number of hydrogen-bond acceptors (Lipinski definition) is 6. The van der Waals surface area contributed by atoms with Crippen LogP contribution in [0.1, 0.15) is 23.5 Å². The molecule has 0 bridgehead atoms. The van der Waals surface area contributed by atoms with E-state index < -0.39 is 23.6 Å². The topological polar surface area (TPSA) is 83.8 Å².